The molecule has 0 saturated heterocycles. The number of ether oxygens (including phenoxy) is 5. The molecular weight excluding hydrogens is 552 g/mol. The van der Waals surface area contributed by atoms with E-state index in [1.165, 1.54) is 20.8 Å². The van der Waals surface area contributed by atoms with Gasteiger partial charge in [-0.25, -0.2) is 0 Å². The van der Waals surface area contributed by atoms with Gasteiger partial charge >= 0.3 is 17.9 Å². The summed E-state index contributed by atoms with van der Waals surface area (Å²) in [6.45, 7) is 16.4. The number of hydrogen-bond donors (Lipinski definition) is 0. The van der Waals surface area contributed by atoms with Crippen LogP contribution in [0.1, 0.15) is 73.3 Å². The lowest BCUT2D eigenvalue weighted by Gasteiger charge is -2.59. The summed E-state index contributed by atoms with van der Waals surface area (Å²) in [6, 6.07) is 9.75. The minimum atomic E-state index is -1.02. The van der Waals surface area contributed by atoms with E-state index in [2.05, 4.69) is 6.58 Å². The molecule has 0 heterocycles. The summed E-state index contributed by atoms with van der Waals surface area (Å²) in [4.78, 5) is 51.4. The summed E-state index contributed by atoms with van der Waals surface area (Å²) in [5.41, 5.74) is 1.06. The van der Waals surface area contributed by atoms with Crippen molar-refractivity contribution in [3.63, 3.8) is 0 Å². The van der Waals surface area contributed by atoms with Gasteiger partial charge in [0.05, 0.1) is 12.7 Å². The summed E-state index contributed by atoms with van der Waals surface area (Å²) in [6.07, 6.45) is -2.12. The smallest absolute Gasteiger partial charge is 0.303 e. The Morgan fingerprint density at radius 1 is 0.953 bits per heavy atom. The average Bonchev–Trinajstić information content (AvgIpc) is 2.91. The number of allylic oxidation sites excluding steroid dienone is 1. The molecule has 0 amide bonds. The molecule has 0 radical (unpaired) electrons. The SMILES string of the molecule is C=C1[C@@H](OCOCc2ccccc2)CC[C@@]2(C)[C@@H](OC(C)=O)[C@H](OC(C)=O)C3=C(C)C(=O)C[C@@H]([C@@H](OC(C)=O)[C@H]12)C3(C)C. The van der Waals surface area contributed by atoms with E-state index in [9.17, 15) is 19.2 Å². The highest BCUT2D eigenvalue weighted by Crippen LogP contribution is 2.60. The van der Waals surface area contributed by atoms with E-state index < -0.39 is 65.0 Å². The van der Waals surface area contributed by atoms with Crippen molar-refractivity contribution in [1.82, 2.24) is 0 Å². The molecule has 3 aliphatic carbocycles. The van der Waals surface area contributed by atoms with Crippen molar-refractivity contribution < 1.29 is 42.9 Å². The van der Waals surface area contributed by atoms with Crippen LogP contribution in [0.3, 0.4) is 0 Å². The minimum Gasteiger partial charge on any atom is -0.462 e. The second kappa shape index (κ2) is 12.7. The largest absolute Gasteiger partial charge is 0.462 e. The van der Waals surface area contributed by atoms with Crippen molar-refractivity contribution in [3.8, 4) is 0 Å². The third kappa shape index (κ3) is 6.48. The Balaban J connectivity index is 1.80. The number of carbonyl (C=O) groups is 4. The molecule has 3 aliphatic rings. The molecule has 9 heteroatoms. The Morgan fingerprint density at radius 3 is 2.19 bits per heavy atom. The highest BCUT2D eigenvalue weighted by atomic mass is 16.7. The molecule has 0 unspecified atom stereocenters. The van der Waals surface area contributed by atoms with Gasteiger partial charge in [-0.05, 0) is 47.5 Å². The third-order valence-corrected chi connectivity index (χ3v) is 9.60. The van der Waals surface area contributed by atoms with Crippen LogP contribution in [-0.4, -0.2) is 54.9 Å². The van der Waals surface area contributed by atoms with Gasteiger partial charge in [0.15, 0.2) is 11.9 Å². The van der Waals surface area contributed by atoms with Gasteiger partial charge in [-0.3, -0.25) is 19.2 Å². The van der Waals surface area contributed by atoms with Gasteiger partial charge in [-0.2, -0.15) is 0 Å². The molecule has 2 saturated carbocycles. The van der Waals surface area contributed by atoms with E-state index in [4.69, 9.17) is 23.7 Å². The Hall–Kier alpha value is -3.30. The molecule has 0 spiro atoms. The molecule has 0 aromatic heterocycles. The Morgan fingerprint density at radius 2 is 1.58 bits per heavy atom. The van der Waals surface area contributed by atoms with Crippen LogP contribution in [0, 0.1) is 22.7 Å². The molecule has 1 aromatic rings. The van der Waals surface area contributed by atoms with Gasteiger partial charge in [0.25, 0.3) is 0 Å². The van der Waals surface area contributed by atoms with E-state index in [-0.39, 0.29) is 19.0 Å². The van der Waals surface area contributed by atoms with Crippen LogP contribution < -0.4 is 0 Å². The summed E-state index contributed by atoms with van der Waals surface area (Å²) in [5.74, 6) is -2.80. The lowest BCUT2D eigenvalue weighted by atomic mass is 9.49. The predicted octanol–water partition coefficient (Wildman–Crippen LogP) is 5.26. The molecule has 2 bridgehead atoms. The van der Waals surface area contributed by atoms with Crippen molar-refractivity contribution in [2.24, 2.45) is 22.7 Å². The van der Waals surface area contributed by atoms with Crippen LogP contribution in [0.2, 0.25) is 0 Å². The van der Waals surface area contributed by atoms with Crippen molar-refractivity contribution in [3.05, 3.63) is 59.2 Å². The first-order valence-corrected chi connectivity index (χ1v) is 14.9. The molecule has 1 aromatic carbocycles. The number of ketones is 1. The second-order valence-corrected chi connectivity index (χ2v) is 12.8. The summed E-state index contributed by atoms with van der Waals surface area (Å²) in [7, 11) is 0. The summed E-state index contributed by atoms with van der Waals surface area (Å²) < 4.78 is 30.2. The van der Waals surface area contributed by atoms with Crippen LogP contribution in [0.15, 0.2) is 53.6 Å². The first-order valence-electron chi connectivity index (χ1n) is 14.9. The zero-order valence-electron chi connectivity index (χ0n) is 26.3. The van der Waals surface area contributed by atoms with Gasteiger partial charge in [-0.15, -0.1) is 0 Å². The lowest BCUT2D eigenvalue weighted by molar-refractivity contribution is -0.204. The number of hydrogen-bond acceptors (Lipinski definition) is 9. The van der Waals surface area contributed by atoms with Crippen LogP contribution in [0.4, 0.5) is 0 Å². The van der Waals surface area contributed by atoms with E-state index in [0.717, 1.165) is 5.56 Å². The predicted molar refractivity (Wildman–Crippen MR) is 157 cm³/mol. The first kappa shape index (κ1) is 32.6. The third-order valence-electron chi connectivity index (χ3n) is 9.60. The maximum atomic E-state index is 13.5. The number of rotatable bonds is 8. The van der Waals surface area contributed by atoms with Crippen LogP contribution in [0.5, 0.6) is 0 Å². The molecule has 2 fully saturated rings. The summed E-state index contributed by atoms with van der Waals surface area (Å²) in [5, 5.41) is 0. The van der Waals surface area contributed by atoms with Crippen LogP contribution >= 0.6 is 0 Å². The maximum Gasteiger partial charge on any atom is 0.303 e. The fourth-order valence-corrected chi connectivity index (χ4v) is 7.66. The number of carbonyl (C=O) groups excluding carboxylic acids is 4. The molecule has 0 N–H and O–H groups in total. The highest BCUT2D eigenvalue weighted by molar-refractivity contribution is 5.97. The Labute approximate surface area is 253 Å². The molecule has 0 aliphatic heterocycles. The number of benzene rings is 1. The zero-order valence-corrected chi connectivity index (χ0v) is 26.3. The molecule has 43 heavy (non-hydrogen) atoms. The van der Waals surface area contributed by atoms with E-state index in [0.29, 0.717) is 36.2 Å². The average molecular weight is 597 g/mol. The van der Waals surface area contributed by atoms with Crippen LogP contribution in [-0.2, 0) is 49.5 Å². The Bertz CT molecular complexity index is 1300. The standard InChI is InChI=1S/C34H44O9/c1-19-26(38)16-25-30(41-21(3)35)29-20(2)27(40-18-39-17-24-12-10-9-11-13-24)14-15-34(29,8)32(43-23(5)37)31(42-22(4)36)28(19)33(25,6)7/h9-13,25,27,29-32H,2,14-18H2,1,3-8H3/t25-,27-,29-,30+,31+,32-,34+/m0/s1. The van der Waals surface area contributed by atoms with E-state index in [1.54, 1.807) is 6.92 Å². The van der Waals surface area contributed by atoms with Gasteiger partial charge in [-0.1, -0.05) is 57.7 Å². The van der Waals surface area contributed by atoms with Gasteiger partial charge < -0.3 is 23.7 Å². The highest BCUT2D eigenvalue weighted by Gasteiger charge is 2.64. The number of Topliss-reactive ketones (excluding diaryl/α,β-unsaturated/α-hetero) is 1. The van der Waals surface area contributed by atoms with Gasteiger partial charge in [0.1, 0.15) is 19.0 Å². The number of fused-ring (bicyclic) bond motifs is 3. The monoisotopic (exact) mass is 596 g/mol. The Kier molecular flexibility index (Phi) is 9.66. The molecular formula is C34H44O9. The number of esters is 3. The molecule has 9 nitrogen and oxygen atoms in total. The maximum absolute atomic E-state index is 13.5. The van der Waals surface area contributed by atoms with Gasteiger partial charge in [0.2, 0.25) is 0 Å². The van der Waals surface area contributed by atoms with Crippen molar-refractivity contribution in [2.75, 3.05) is 6.79 Å². The van der Waals surface area contributed by atoms with Crippen molar-refractivity contribution in [2.45, 2.75) is 98.8 Å². The first-order chi connectivity index (χ1) is 20.2. The topological polar surface area (TPSA) is 114 Å². The second-order valence-electron chi connectivity index (χ2n) is 12.8. The zero-order chi connectivity index (χ0) is 31.7. The van der Waals surface area contributed by atoms with Crippen LogP contribution in [0.25, 0.3) is 0 Å². The molecule has 4 rings (SSSR count). The van der Waals surface area contributed by atoms with Crippen molar-refractivity contribution >= 4 is 23.7 Å². The normalized spacial score (nSPS) is 31.8. The quantitative estimate of drug-likeness (QED) is 0.130. The van der Waals surface area contributed by atoms with E-state index in [1.807, 2.05) is 51.1 Å². The summed E-state index contributed by atoms with van der Waals surface area (Å²) >= 11 is 0. The fraction of sp³-hybridized carbons (Fsp3) is 0.588. The lowest BCUT2D eigenvalue weighted by Crippen LogP contribution is -2.64. The molecule has 234 valence electrons. The van der Waals surface area contributed by atoms with E-state index >= 15 is 0 Å². The van der Waals surface area contributed by atoms with Gasteiger partial charge in [0, 0.05) is 44.4 Å². The van der Waals surface area contributed by atoms with Crippen molar-refractivity contribution in [1.29, 1.82) is 0 Å². The fourth-order valence-electron chi connectivity index (χ4n) is 7.66. The molecule has 7 atom stereocenters. The minimum absolute atomic E-state index is 0.0170.